The van der Waals surface area contributed by atoms with Crippen molar-refractivity contribution < 1.29 is 0 Å². The fourth-order valence-electron chi connectivity index (χ4n) is 4.04. The summed E-state index contributed by atoms with van der Waals surface area (Å²) in [7, 11) is 0. The number of likely N-dealkylation sites (tertiary alicyclic amines) is 1. The Bertz CT molecular complexity index is 693. The van der Waals surface area contributed by atoms with Gasteiger partial charge in [-0.1, -0.05) is 23.7 Å². The Morgan fingerprint density at radius 3 is 2.86 bits per heavy atom. The number of halogens is 1. The van der Waals surface area contributed by atoms with E-state index in [9.17, 15) is 0 Å². The molecule has 116 valence electrons. The quantitative estimate of drug-likeness (QED) is 0.907. The lowest BCUT2D eigenvalue weighted by molar-refractivity contribution is 0.0977. The van der Waals surface area contributed by atoms with Gasteiger partial charge in [0.1, 0.15) is 0 Å². The second-order valence-corrected chi connectivity index (χ2v) is 7.89. The Morgan fingerprint density at radius 2 is 2.09 bits per heavy atom. The van der Waals surface area contributed by atoms with Crippen molar-refractivity contribution in [2.45, 2.75) is 37.6 Å². The van der Waals surface area contributed by atoms with Gasteiger partial charge in [-0.2, -0.15) is 0 Å². The van der Waals surface area contributed by atoms with Crippen LogP contribution in [0.2, 0.25) is 5.02 Å². The molecule has 2 heterocycles. The van der Waals surface area contributed by atoms with Gasteiger partial charge in [-0.05, 0) is 56.5 Å². The number of aryl methyl sites for hydroxylation is 1. The van der Waals surface area contributed by atoms with Crippen LogP contribution in [0.1, 0.15) is 35.4 Å². The summed E-state index contributed by atoms with van der Waals surface area (Å²) in [6, 6.07) is 8.42. The van der Waals surface area contributed by atoms with Gasteiger partial charge in [-0.25, -0.2) is 4.98 Å². The van der Waals surface area contributed by atoms with Crippen LogP contribution in [0.5, 0.6) is 0 Å². The first-order valence-corrected chi connectivity index (χ1v) is 9.12. The molecule has 1 atom stereocenters. The topological polar surface area (TPSA) is 42.1 Å². The lowest BCUT2D eigenvalue weighted by atomic mass is 9.76. The molecule has 0 amide bonds. The molecule has 0 saturated carbocycles. The first-order valence-electron chi connectivity index (χ1n) is 7.92. The van der Waals surface area contributed by atoms with E-state index in [1.807, 2.05) is 6.07 Å². The summed E-state index contributed by atoms with van der Waals surface area (Å²) in [6.07, 6.45) is 5.70. The highest BCUT2D eigenvalue weighted by molar-refractivity contribution is 7.15. The van der Waals surface area contributed by atoms with Gasteiger partial charge in [0.25, 0.3) is 0 Å². The molecule has 22 heavy (non-hydrogen) atoms. The lowest BCUT2D eigenvalue weighted by Crippen LogP contribution is -2.48. The molecular formula is C17H20ClN3S. The molecule has 3 nitrogen and oxygen atoms in total. The highest BCUT2D eigenvalue weighted by Crippen LogP contribution is 2.45. The monoisotopic (exact) mass is 333 g/mol. The highest BCUT2D eigenvalue weighted by atomic mass is 35.5. The normalized spacial score (nSPS) is 25.3. The average molecular weight is 334 g/mol. The van der Waals surface area contributed by atoms with Crippen LogP contribution in [0.3, 0.4) is 0 Å². The van der Waals surface area contributed by atoms with Crippen LogP contribution in [-0.4, -0.2) is 23.0 Å². The van der Waals surface area contributed by atoms with E-state index in [1.165, 1.54) is 42.1 Å². The van der Waals surface area contributed by atoms with Crippen molar-refractivity contribution in [2.24, 2.45) is 0 Å². The second kappa shape index (κ2) is 5.52. The average Bonchev–Trinajstić information content (AvgIpc) is 3.14. The zero-order valence-corrected chi connectivity index (χ0v) is 14.1. The molecule has 1 aliphatic carbocycles. The summed E-state index contributed by atoms with van der Waals surface area (Å²) >= 11 is 7.95. The van der Waals surface area contributed by atoms with E-state index in [4.69, 9.17) is 17.3 Å². The van der Waals surface area contributed by atoms with E-state index in [0.29, 0.717) is 5.13 Å². The fraction of sp³-hybridized carbons (Fsp3) is 0.471. The molecule has 1 aromatic heterocycles. The summed E-state index contributed by atoms with van der Waals surface area (Å²) in [5, 5.41) is 1.53. The number of nitrogens with two attached hydrogens (primary N) is 1. The SMILES string of the molecule is Nc1nc2c(s1)CC(c1cccc(Cl)c1)(N1CCCC1)CC2. The minimum atomic E-state index is 0.0629. The fourth-order valence-corrected chi connectivity index (χ4v) is 5.21. The zero-order valence-electron chi connectivity index (χ0n) is 12.5. The molecule has 2 aliphatic rings. The van der Waals surface area contributed by atoms with Crippen molar-refractivity contribution in [2.75, 3.05) is 18.8 Å². The highest BCUT2D eigenvalue weighted by Gasteiger charge is 2.43. The van der Waals surface area contributed by atoms with Crippen molar-refractivity contribution in [1.29, 1.82) is 0 Å². The third-order valence-corrected chi connectivity index (χ3v) is 6.26. The summed E-state index contributed by atoms with van der Waals surface area (Å²) in [4.78, 5) is 8.53. The number of rotatable bonds is 2. The number of thiazole rings is 1. The predicted molar refractivity (Wildman–Crippen MR) is 92.5 cm³/mol. The van der Waals surface area contributed by atoms with Gasteiger partial charge in [-0.15, -0.1) is 11.3 Å². The molecule has 1 aromatic carbocycles. The van der Waals surface area contributed by atoms with Gasteiger partial charge < -0.3 is 5.73 Å². The van der Waals surface area contributed by atoms with Gasteiger partial charge >= 0.3 is 0 Å². The van der Waals surface area contributed by atoms with Gasteiger partial charge in [0.05, 0.1) is 11.2 Å². The maximum absolute atomic E-state index is 6.29. The number of nitrogen functional groups attached to an aromatic ring is 1. The molecule has 0 spiro atoms. The number of hydrogen-bond acceptors (Lipinski definition) is 4. The van der Waals surface area contributed by atoms with Crippen LogP contribution >= 0.6 is 22.9 Å². The molecule has 2 N–H and O–H groups in total. The molecule has 1 fully saturated rings. The molecule has 5 heteroatoms. The van der Waals surface area contributed by atoms with Crippen molar-refractivity contribution in [3.63, 3.8) is 0 Å². The van der Waals surface area contributed by atoms with Crippen LogP contribution in [0.4, 0.5) is 5.13 Å². The van der Waals surface area contributed by atoms with Crippen molar-refractivity contribution in [3.05, 3.63) is 45.4 Å². The van der Waals surface area contributed by atoms with Crippen molar-refractivity contribution in [3.8, 4) is 0 Å². The van der Waals surface area contributed by atoms with Gasteiger partial charge in [0, 0.05) is 16.3 Å². The number of benzene rings is 1. The first kappa shape index (κ1) is 14.5. The number of aromatic nitrogens is 1. The molecule has 2 aromatic rings. The predicted octanol–water partition coefficient (Wildman–Crippen LogP) is 3.86. The zero-order chi connectivity index (χ0) is 15.2. The van der Waals surface area contributed by atoms with E-state index in [2.05, 4.69) is 28.1 Å². The molecule has 1 unspecified atom stereocenters. The Hall–Kier alpha value is -1.10. The third-order valence-electron chi connectivity index (χ3n) is 5.10. The van der Waals surface area contributed by atoms with Crippen LogP contribution < -0.4 is 5.73 Å². The largest absolute Gasteiger partial charge is 0.375 e. The Morgan fingerprint density at radius 1 is 1.27 bits per heavy atom. The van der Waals surface area contributed by atoms with Crippen LogP contribution in [-0.2, 0) is 18.4 Å². The smallest absolute Gasteiger partial charge is 0.180 e. The number of fused-ring (bicyclic) bond motifs is 1. The second-order valence-electron chi connectivity index (χ2n) is 6.33. The number of hydrogen-bond donors (Lipinski definition) is 1. The Labute approximate surface area is 140 Å². The van der Waals surface area contributed by atoms with Crippen molar-refractivity contribution in [1.82, 2.24) is 9.88 Å². The molecular weight excluding hydrogens is 314 g/mol. The van der Waals surface area contributed by atoms with E-state index in [-0.39, 0.29) is 5.54 Å². The van der Waals surface area contributed by atoms with E-state index >= 15 is 0 Å². The molecule has 0 radical (unpaired) electrons. The maximum Gasteiger partial charge on any atom is 0.180 e. The van der Waals surface area contributed by atoms with Gasteiger partial charge in [-0.3, -0.25) is 4.90 Å². The Balaban J connectivity index is 1.80. The van der Waals surface area contributed by atoms with Crippen LogP contribution in [0.25, 0.3) is 0 Å². The summed E-state index contributed by atoms with van der Waals surface area (Å²) < 4.78 is 0. The minimum Gasteiger partial charge on any atom is -0.375 e. The van der Waals surface area contributed by atoms with Gasteiger partial charge in [0.2, 0.25) is 0 Å². The maximum atomic E-state index is 6.29. The Kier molecular flexibility index (Phi) is 3.63. The van der Waals surface area contributed by atoms with E-state index in [1.54, 1.807) is 11.3 Å². The lowest BCUT2D eigenvalue weighted by Gasteiger charge is -2.45. The van der Waals surface area contributed by atoms with Crippen molar-refractivity contribution >= 4 is 28.1 Å². The van der Waals surface area contributed by atoms with E-state index < -0.39 is 0 Å². The first-order chi connectivity index (χ1) is 10.7. The minimum absolute atomic E-state index is 0.0629. The van der Waals surface area contributed by atoms with Gasteiger partial charge in [0.15, 0.2) is 5.13 Å². The number of nitrogens with zero attached hydrogens (tertiary/aromatic N) is 2. The summed E-state index contributed by atoms with van der Waals surface area (Å²) in [6.45, 7) is 2.35. The standard InChI is InChI=1S/C17H20ClN3S/c18-13-5-3-4-12(10-13)17(21-8-1-2-9-21)7-6-14-15(11-17)22-16(19)20-14/h3-5,10H,1-2,6-9,11H2,(H2,19,20). The van der Waals surface area contributed by atoms with E-state index in [0.717, 1.165) is 24.3 Å². The molecule has 0 bridgehead atoms. The third kappa shape index (κ3) is 2.34. The summed E-state index contributed by atoms with van der Waals surface area (Å²) in [5.74, 6) is 0. The molecule has 1 saturated heterocycles. The molecule has 1 aliphatic heterocycles. The number of anilines is 1. The van der Waals surface area contributed by atoms with Crippen LogP contribution in [0.15, 0.2) is 24.3 Å². The molecule has 4 rings (SSSR count). The summed E-state index contributed by atoms with van der Waals surface area (Å²) in [5.41, 5.74) is 8.55. The van der Waals surface area contributed by atoms with Crippen LogP contribution in [0, 0.1) is 0 Å².